The van der Waals surface area contributed by atoms with Crippen molar-refractivity contribution in [2.24, 2.45) is 0 Å². The Morgan fingerprint density at radius 2 is 1.87 bits per heavy atom. The number of hydrogen-bond acceptors (Lipinski definition) is 4. The summed E-state index contributed by atoms with van der Waals surface area (Å²) in [5, 5.41) is 3.16. The van der Waals surface area contributed by atoms with Crippen LogP contribution in [0, 0.1) is 0 Å². The molecule has 2 bridgehead atoms. The Morgan fingerprint density at radius 1 is 1.03 bits per heavy atom. The minimum absolute atomic E-state index is 0.0426. The molecule has 3 aliphatic rings. The van der Waals surface area contributed by atoms with Crippen molar-refractivity contribution in [3.05, 3.63) is 108 Å². The van der Waals surface area contributed by atoms with Gasteiger partial charge in [-0.15, -0.1) is 0 Å². The first-order valence-electron chi connectivity index (χ1n) is 12.9. The topological polar surface area (TPSA) is 75.0 Å². The monoisotopic (exact) mass is 505 g/mol. The molecule has 190 valence electrons. The van der Waals surface area contributed by atoms with Crippen LogP contribution in [-0.4, -0.2) is 29.1 Å². The molecule has 3 amide bonds. The molecule has 1 fully saturated rings. The maximum Gasteiger partial charge on any atom is 0.325 e. The fraction of sp³-hybridized carbons (Fsp3) is 0.226. The zero-order valence-corrected chi connectivity index (χ0v) is 21.0. The number of rotatable bonds is 3. The molecule has 4 heterocycles. The molecule has 2 unspecified atom stereocenters. The molecule has 3 aliphatic heterocycles. The smallest absolute Gasteiger partial charge is 0.325 e. The molecule has 38 heavy (non-hydrogen) atoms. The van der Waals surface area contributed by atoms with E-state index in [1.807, 2.05) is 66.4 Å². The number of carbonyl (C=O) groups is 2. The molecule has 3 aromatic carbocycles. The zero-order valence-electron chi connectivity index (χ0n) is 21.0. The Hall–Kier alpha value is -4.52. The molecule has 1 aromatic heterocycles. The van der Waals surface area contributed by atoms with E-state index in [4.69, 9.17) is 9.15 Å². The fourth-order valence-corrected chi connectivity index (χ4v) is 6.05. The number of anilines is 1. The first-order chi connectivity index (χ1) is 18.5. The van der Waals surface area contributed by atoms with Gasteiger partial charge >= 0.3 is 6.03 Å². The van der Waals surface area contributed by atoms with Crippen molar-refractivity contribution in [3.63, 3.8) is 0 Å². The van der Waals surface area contributed by atoms with Crippen LogP contribution in [0.2, 0.25) is 0 Å². The van der Waals surface area contributed by atoms with Gasteiger partial charge in [0.15, 0.2) is 5.72 Å². The number of carbonyl (C=O) groups excluding carboxylic acids is 2. The Morgan fingerprint density at radius 3 is 2.71 bits per heavy atom. The number of furan rings is 1. The molecule has 7 nitrogen and oxygen atoms in total. The molecule has 0 saturated carbocycles. The lowest BCUT2D eigenvalue weighted by Gasteiger charge is -2.51. The molecule has 1 saturated heterocycles. The third-order valence-electron chi connectivity index (χ3n) is 7.90. The third kappa shape index (κ3) is 3.57. The SMILES string of the molecule is CC12CC(NC(=O)N1c1cccc(C(=O)N3CCc4ccccc4C3)c1)c1cccc(-c3ccoc3)c1O2. The molecule has 7 heteroatoms. The standard InChI is InChI=1S/C31H27N3O4/c1-31-17-27(26-11-5-10-25(28(26)38-31)23-13-15-37-19-23)32-30(36)34(31)24-9-4-8-21(16-24)29(35)33-14-12-20-6-2-3-7-22(20)18-33/h2-11,13,15-16,19,27H,12,14,17-18H2,1H3,(H,32,36). The second kappa shape index (κ2) is 8.52. The number of para-hydroxylation sites is 1. The quantitative estimate of drug-likeness (QED) is 0.375. The number of nitrogens with one attached hydrogen (secondary N) is 1. The average molecular weight is 506 g/mol. The fourth-order valence-electron chi connectivity index (χ4n) is 6.05. The van der Waals surface area contributed by atoms with Crippen molar-refractivity contribution >= 4 is 17.6 Å². The van der Waals surface area contributed by atoms with Gasteiger partial charge in [0.1, 0.15) is 5.75 Å². The van der Waals surface area contributed by atoms with Crippen LogP contribution in [-0.2, 0) is 13.0 Å². The summed E-state index contributed by atoms with van der Waals surface area (Å²) in [4.78, 5) is 30.5. The van der Waals surface area contributed by atoms with Crippen LogP contribution in [0.5, 0.6) is 5.75 Å². The van der Waals surface area contributed by atoms with Crippen molar-refractivity contribution in [1.29, 1.82) is 0 Å². The summed E-state index contributed by atoms with van der Waals surface area (Å²) in [5.41, 5.74) is 5.49. The van der Waals surface area contributed by atoms with E-state index in [0.717, 1.165) is 28.9 Å². The Bertz CT molecular complexity index is 1560. The number of benzene rings is 3. The normalized spacial score (nSPS) is 21.7. The largest absolute Gasteiger partial charge is 0.472 e. The maximum absolute atomic E-state index is 13.5. The van der Waals surface area contributed by atoms with E-state index in [1.165, 1.54) is 11.1 Å². The second-order valence-electron chi connectivity index (χ2n) is 10.4. The van der Waals surface area contributed by atoms with Gasteiger partial charge in [-0.3, -0.25) is 9.69 Å². The number of amides is 3. The first kappa shape index (κ1) is 22.7. The lowest BCUT2D eigenvalue weighted by atomic mass is 9.88. The molecule has 2 atom stereocenters. The molecule has 4 aromatic rings. The van der Waals surface area contributed by atoms with Gasteiger partial charge in [0.2, 0.25) is 0 Å². The highest BCUT2D eigenvalue weighted by atomic mass is 16.5. The molecular formula is C31H27N3O4. The molecule has 7 rings (SSSR count). The van der Waals surface area contributed by atoms with Gasteiger partial charge in [-0.1, -0.05) is 48.5 Å². The average Bonchev–Trinajstić information content (AvgIpc) is 3.47. The van der Waals surface area contributed by atoms with Crippen LogP contribution < -0.4 is 15.0 Å². The number of nitrogens with zero attached hydrogens (tertiary/aromatic N) is 2. The Labute approximate surface area is 220 Å². The van der Waals surface area contributed by atoms with E-state index in [9.17, 15) is 9.59 Å². The van der Waals surface area contributed by atoms with Crippen LogP contribution in [0.25, 0.3) is 11.1 Å². The van der Waals surface area contributed by atoms with Crippen LogP contribution in [0.3, 0.4) is 0 Å². The van der Waals surface area contributed by atoms with Gasteiger partial charge < -0.3 is 19.4 Å². The summed E-state index contributed by atoms with van der Waals surface area (Å²) in [7, 11) is 0. The first-order valence-corrected chi connectivity index (χ1v) is 12.9. The van der Waals surface area contributed by atoms with Crippen molar-refractivity contribution in [2.45, 2.75) is 38.1 Å². The van der Waals surface area contributed by atoms with E-state index in [1.54, 1.807) is 23.5 Å². The molecular weight excluding hydrogens is 478 g/mol. The van der Waals surface area contributed by atoms with Gasteiger partial charge in [0.05, 0.1) is 24.3 Å². The van der Waals surface area contributed by atoms with Gasteiger partial charge in [-0.2, -0.15) is 0 Å². The van der Waals surface area contributed by atoms with E-state index < -0.39 is 5.72 Å². The van der Waals surface area contributed by atoms with Gasteiger partial charge in [0, 0.05) is 41.8 Å². The number of fused-ring (bicyclic) bond motifs is 5. The molecule has 0 radical (unpaired) electrons. The molecule has 0 aliphatic carbocycles. The van der Waals surface area contributed by atoms with Crippen LogP contribution in [0.15, 0.2) is 89.7 Å². The van der Waals surface area contributed by atoms with Crippen LogP contribution in [0.1, 0.15) is 46.4 Å². The summed E-state index contributed by atoms with van der Waals surface area (Å²) in [6.45, 7) is 3.18. The van der Waals surface area contributed by atoms with Crippen molar-refractivity contribution in [3.8, 4) is 16.9 Å². The van der Waals surface area contributed by atoms with E-state index in [0.29, 0.717) is 30.8 Å². The lowest BCUT2D eigenvalue weighted by Crippen LogP contribution is -2.65. The predicted octanol–water partition coefficient (Wildman–Crippen LogP) is 5.91. The van der Waals surface area contributed by atoms with E-state index in [2.05, 4.69) is 17.4 Å². The highest BCUT2D eigenvalue weighted by Gasteiger charge is 2.50. The number of hydrogen-bond donors (Lipinski definition) is 1. The van der Waals surface area contributed by atoms with Crippen molar-refractivity contribution in [2.75, 3.05) is 11.4 Å². The van der Waals surface area contributed by atoms with Crippen molar-refractivity contribution in [1.82, 2.24) is 10.2 Å². The van der Waals surface area contributed by atoms with Crippen molar-refractivity contribution < 1.29 is 18.7 Å². The number of ether oxygens (including phenoxy) is 1. The summed E-state index contributed by atoms with van der Waals surface area (Å²) < 4.78 is 12.0. The predicted molar refractivity (Wildman–Crippen MR) is 143 cm³/mol. The number of urea groups is 1. The minimum Gasteiger partial charge on any atom is -0.472 e. The van der Waals surface area contributed by atoms with Crippen LogP contribution in [0.4, 0.5) is 10.5 Å². The molecule has 0 spiro atoms. The Balaban J connectivity index is 1.22. The second-order valence-corrected chi connectivity index (χ2v) is 10.4. The summed E-state index contributed by atoms with van der Waals surface area (Å²) in [6.07, 6.45) is 4.73. The minimum atomic E-state index is -0.939. The van der Waals surface area contributed by atoms with Gasteiger partial charge in [-0.25, -0.2) is 4.79 Å². The highest BCUT2D eigenvalue weighted by molar-refractivity contribution is 5.99. The molecule has 1 N–H and O–H groups in total. The maximum atomic E-state index is 13.5. The van der Waals surface area contributed by atoms with Gasteiger partial charge in [0.25, 0.3) is 5.91 Å². The highest BCUT2D eigenvalue weighted by Crippen LogP contribution is 2.49. The van der Waals surface area contributed by atoms with Crippen LogP contribution >= 0.6 is 0 Å². The summed E-state index contributed by atoms with van der Waals surface area (Å²) in [6, 6.07) is 23.0. The Kier molecular flexibility index (Phi) is 5.08. The van der Waals surface area contributed by atoms with E-state index in [-0.39, 0.29) is 18.0 Å². The summed E-state index contributed by atoms with van der Waals surface area (Å²) in [5.74, 6) is 0.691. The summed E-state index contributed by atoms with van der Waals surface area (Å²) >= 11 is 0. The van der Waals surface area contributed by atoms with Gasteiger partial charge in [-0.05, 0) is 48.7 Å². The van der Waals surface area contributed by atoms with E-state index >= 15 is 0 Å². The zero-order chi connectivity index (χ0) is 25.9. The third-order valence-corrected chi connectivity index (χ3v) is 7.90. The lowest BCUT2D eigenvalue weighted by molar-refractivity contribution is 0.0384.